The number of aromatic nitrogens is 2. The van der Waals surface area contributed by atoms with E-state index in [9.17, 15) is 4.79 Å². The van der Waals surface area contributed by atoms with E-state index in [-0.39, 0.29) is 11.9 Å². The van der Waals surface area contributed by atoms with Gasteiger partial charge in [-0.25, -0.2) is 9.97 Å². The van der Waals surface area contributed by atoms with Crippen molar-refractivity contribution in [3.63, 3.8) is 0 Å². The minimum absolute atomic E-state index is 0.0929. The van der Waals surface area contributed by atoms with Gasteiger partial charge in [-0.2, -0.15) is 0 Å². The molecule has 21 heavy (non-hydrogen) atoms. The minimum Gasteiger partial charge on any atom is -0.339 e. The van der Waals surface area contributed by atoms with Gasteiger partial charge in [0.05, 0.1) is 17.3 Å². The van der Waals surface area contributed by atoms with Crippen molar-refractivity contribution >= 4 is 5.91 Å². The van der Waals surface area contributed by atoms with Crippen LogP contribution in [-0.4, -0.2) is 40.4 Å². The smallest absolute Gasteiger partial charge is 0.257 e. The van der Waals surface area contributed by atoms with E-state index in [1.165, 1.54) is 19.3 Å². The van der Waals surface area contributed by atoms with Gasteiger partial charge >= 0.3 is 0 Å². The lowest BCUT2D eigenvalue weighted by Crippen LogP contribution is -2.36. The first-order chi connectivity index (χ1) is 10.3. The summed E-state index contributed by atoms with van der Waals surface area (Å²) in [5.74, 6) is 0.928. The van der Waals surface area contributed by atoms with Gasteiger partial charge in [-0.15, -0.1) is 0 Å². The summed E-state index contributed by atoms with van der Waals surface area (Å²) in [7, 11) is 0. The number of nitrogens with zero attached hydrogens (tertiary/aromatic N) is 3. The molecule has 0 aliphatic carbocycles. The summed E-state index contributed by atoms with van der Waals surface area (Å²) >= 11 is 0. The van der Waals surface area contributed by atoms with E-state index in [0.717, 1.165) is 50.4 Å². The average molecular weight is 288 g/mol. The van der Waals surface area contributed by atoms with Gasteiger partial charge in [0.1, 0.15) is 5.82 Å². The van der Waals surface area contributed by atoms with E-state index < -0.39 is 0 Å². The van der Waals surface area contributed by atoms with Crippen LogP contribution in [0.25, 0.3) is 0 Å². The number of carbonyl (C=O) groups excluding carboxylic acids is 1. The van der Waals surface area contributed by atoms with Crippen molar-refractivity contribution in [2.75, 3.05) is 19.6 Å². The highest BCUT2D eigenvalue weighted by Gasteiger charge is 2.23. The predicted octanol–water partition coefficient (Wildman–Crippen LogP) is 2.23. The Kier molecular flexibility index (Phi) is 4.48. The lowest BCUT2D eigenvalue weighted by atomic mass is 10.0. The Balaban J connectivity index is 1.75. The van der Waals surface area contributed by atoms with Crippen molar-refractivity contribution in [3.05, 3.63) is 23.3 Å². The van der Waals surface area contributed by atoms with Crippen LogP contribution in [0.1, 0.15) is 66.4 Å². The molecule has 2 fully saturated rings. The van der Waals surface area contributed by atoms with Crippen LogP contribution in [0.15, 0.2) is 6.20 Å². The largest absolute Gasteiger partial charge is 0.339 e. The normalized spacial score (nSPS) is 23.1. The number of carbonyl (C=O) groups is 1. The zero-order valence-electron chi connectivity index (χ0n) is 12.8. The molecule has 1 aromatic rings. The second-order valence-electron chi connectivity index (χ2n) is 6.08. The third-order valence-corrected chi connectivity index (χ3v) is 4.49. The molecule has 0 bridgehead atoms. The van der Waals surface area contributed by atoms with Gasteiger partial charge in [-0.3, -0.25) is 4.79 Å². The number of hydrogen-bond donors (Lipinski definition) is 1. The first-order valence-electron chi connectivity index (χ1n) is 8.12. The molecule has 1 unspecified atom stereocenters. The number of nitrogens with one attached hydrogen (secondary N) is 1. The van der Waals surface area contributed by atoms with Crippen LogP contribution in [0.2, 0.25) is 0 Å². The van der Waals surface area contributed by atoms with Gasteiger partial charge in [-0.05, 0) is 45.6 Å². The Hall–Kier alpha value is -1.49. The molecule has 0 aromatic carbocycles. The lowest BCUT2D eigenvalue weighted by molar-refractivity contribution is 0.0722. The van der Waals surface area contributed by atoms with Gasteiger partial charge in [0.15, 0.2) is 0 Å². The molecule has 1 N–H and O–H groups in total. The molecular formula is C16H24N4O. The predicted molar refractivity (Wildman–Crippen MR) is 81.1 cm³/mol. The fourth-order valence-electron chi connectivity index (χ4n) is 3.20. The Morgan fingerprint density at radius 3 is 2.71 bits per heavy atom. The molecule has 3 rings (SSSR count). The Morgan fingerprint density at radius 2 is 2.05 bits per heavy atom. The fourth-order valence-corrected chi connectivity index (χ4v) is 3.20. The molecule has 114 valence electrons. The molecule has 1 amide bonds. The average Bonchev–Trinajstić information content (AvgIpc) is 2.56. The number of aryl methyl sites for hydroxylation is 1. The van der Waals surface area contributed by atoms with E-state index in [2.05, 4.69) is 15.3 Å². The molecule has 5 nitrogen and oxygen atoms in total. The SMILES string of the molecule is Cc1nc(C2CCCCN2)ncc1C(=O)N1CCCCC1. The van der Waals surface area contributed by atoms with Crippen LogP contribution in [-0.2, 0) is 0 Å². The second kappa shape index (κ2) is 6.52. The maximum absolute atomic E-state index is 12.5. The first-order valence-corrected chi connectivity index (χ1v) is 8.12. The highest BCUT2D eigenvalue weighted by atomic mass is 16.2. The van der Waals surface area contributed by atoms with Crippen LogP contribution in [0, 0.1) is 6.92 Å². The third kappa shape index (κ3) is 3.23. The molecule has 2 aliphatic rings. The molecule has 1 atom stereocenters. The summed E-state index contributed by atoms with van der Waals surface area (Å²) in [5.41, 5.74) is 1.47. The van der Waals surface area contributed by atoms with E-state index in [0.29, 0.717) is 5.56 Å². The zero-order valence-corrected chi connectivity index (χ0v) is 12.8. The number of amides is 1. The molecule has 0 spiro atoms. The molecule has 0 radical (unpaired) electrons. The maximum atomic E-state index is 12.5. The third-order valence-electron chi connectivity index (χ3n) is 4.49. The van der Waals surface area contributed by atoms with Crippen molar-refractivity contribution in [2.45, 2.75) is 51.5 Å². The Morgan fingerprint density at radius 1 is 1.24 bits per heavy atom. The van der Waals surface area contributed by atoms with Crippen LogP contribution < -0.4 is 5.32 Å². The number of likely N-dealkylation sites (tertiary alicyclic amines) is 1. The first kappa shape index (κ1) is 14.4. The van der Waals surface area contributed by atoms with Crippen LogP contribution in [0.5, 0.6) is 0 Å². The molecular weight excluding hydrogens is 264 g/mol. The van der Waals surface area contributed by atoms with Crippen molar-refractivity contribution < 1.29 is 4.79 Å². The Labute approximate surface area is 126 Å². The molecule has 0 saturated carbocycles. The van der Waals surface area contributed by atoms with Crippen molar-refractivity contribution in [1.82, 2.24) is 20.2 Å². The monoisotopic (exact) mass is 288 g/mol. The van der Waals surface area contributed by atoms with Crippen molar-refractivity contribution in [2.24, 2.45) is 0 Å². The van der Waals surface area contributed by atoms with E-state index in [1.54, 1.807) is 6.20 Å². The second-order valence-corrected chi connectivity index (χ2v) is 6.08. The number of rotatable bonds is 2. The van der Waals surface area contributed by atoms with E-state index >= 15 is 0 Å². The number of piperidine rings is 2. The Bertz CT molecular complexity index is 505. The van der Waals surface area contributed by atoms with Gasteiger partial charge < -0.3 is 10.2 Å². The summed E-state index contributed by atoms with van der Waals surface area (Å²) in [6, 6.07) is 0.247. The molecule has 3 heterocycles. The van der Waals surface area contributed by atoms with Gasteiger partial charge in [0.25, 0.3) is 5.91 Å². The molecule has 2 saturated heterocycles. The van der Waals surface area contributed by atoms with Crippen LogP contribution >= 0.6 is 0 Å². The fraction of sp³-hybridized carbons (Fsp3) is 0.688. The van der Waals surface area contributed by atoms with Crippen LogP contribution in [0.4, 0.5) is 0 Å². The summed E-state index contributed by atoms with van der Waals surface area (Å²) in [6.07, 6.45) is 8.69. The van der Waals surface area contributed by atoms with Crippen LogP contribution in [0.3, 0.4) is 0 Å². The van der Waals surface area contributed by atoms with Crippen molar-refractivity contribution in [1.29, 1.82) is 0 Å². The highest BCUT2D eigenvalue weighted by molar-refractivity contribution is 5.94. The standard InChI is InChI=1S/C16H24N4O/c1-12-13(16(21)20-9-5-2-6-10-20)11-18-15(19-12)14-7-3-4-8-17-14/h11,14,17H,2-10H2,1H3. The maximum Gasteiger partial charge on any atom is 0.257 e. The van der Waals surface area contributed by atoms with Crippen molar-refractivity contribution in [3.8, 4) is 0 Å². The number of hydrogen-bond acceptors (Lipinski definition) is 4. The van der Waals surface area contributed by atoms with Gasteiger partial charge in [0, 0.05) is 19.3 Å². The summed E-state index contributed by atoms with van der Waals surface area (Å²) in [4.78, 5) is 23.5. The molecule has 1 aromatic heterocycles. The highest BCUT2D eigenvalue weighted by Crippen LogP contribution is 2.21. The minimum atomic E-state index is 0.0929. The van der Waals surface area contributed by atoms with Gasteiger partial charge in [-0.1, -0.05) is 6.42 Å². The van der Waals surface area contributed by atoms with E-state index in [1.807, 2.05) is 11.8 Å². The van der Waals surface area contributed by atoms with E-state index in [4.69, 9.17) is 0 Å². The van der Waals surface area contributed by atoms with Gasteiger partial charge in [0.2, 0.25) is 0 Å². The summed E-state index contributed by atoms with van der Waals surface area (Å²) in [5, 5.41) is 3.45. The topological polar surface area (TPSA) is 58.1 Å². The molecule has 5 heteroatoms. The summed E-state index contributed by atoms with van der Waals surface area (Å²) in [6.45, 7) is 4.68. The summed E-state index contributed by atoms with van der Waals surface area (Å²) < 4.78 is 0. The zero-order chi connectivity index (χ0) is 14.7. The molecule has 2 aliphatic heterocycles. The lowest BCUT2D eigenvalue weighted by Gasteiger charge is -2.27. The quantitative estimate of drug-likeness (QED) is 0.906.